The Morgan fingerprint density at radius 2 is 1.74 bits per heavy atom. The molecule has 4 rings (SSSR count). The number of hydrogen-bond acceptors (Lipinski definition) is 5. The molecule has 0 fully saturated rings. The minimum atomic E-state index is -3.88. The number of nitrogens with zero attached hydrogens (tertiary/aromatic N) is 1. The Morgan fingerprint density at radius 3 is 2.47 bits per heavy atom. The van der Waals surface area contributed by atoms with E-state index in [0.717, 1.165) is 16.7 Å². The van der Waals surface area contributed by atoms with Crippen LogP contribution >= 0.6 is 0 Å². The van der Waals surface area contributed by atoms with E-state index in [2.05, 4.69) is 5.32 Å². The van der Waals surface area contributed by atoms with Crippen molar-refractivity contribution in [3.8, 4) is 5.75 Å². The van der Waals surface area contributed by atoms with Crippen molar-refractivity contribution in [3.63, 3.8) is 0 Å². The van der Waals surface area contributed by atoms with Crippen molar-refractivity contribution in [2.24, 2.45) is 0 Å². The van der Waals surface area contributed by atoms with Crippen molar-refractivity contribution in [1.29, 1.82) is 0 Å². The minimum absolute atomic E-state index is 0.122. The number of carbonyl (C=O) groups is 1. The maximum atomic E-state index is 13.5. The molecule has 1 heterocycles. The number of sulfonamides is 1. The fourth-order valence-corrected chi connectivity index (χ4v) is 5.16. The molecule has 0 unspecified atom stereocenters. The zero-order chi connectivity index (χ0) is 24.1. The molecule has 178 valence electrons. The Bertz CT molecular complexity index is 1240. The van der Waals surface area contributed by atoms with Crippen molar-refractivity contribution in [1.82, 2.24) is 5.32 Å². The van der Waals surface area contributed by atoms with Gasteiger partial charge < -0.3 is 14.8 Å². The Kier molecular flexibility index (Phi) is 7.19. The molecule has 1 amide bonds. The van der Waals surface area contributed by atoms with Gasteiger partial charge in [-0.3, -0.25) is 9.10 Å². The van der Waals surface area contributed by atoms with Crippen LogP contribution in [0.25, 0.3) is 0 Å². The van der Waals surface area contributed by atoms with E-state index in [-0.39, 0.29) is 23.9 Å². The van der Waals surface area contributed by atoms with E-state index in [0.29, 0.717) is 24.7 Å². The van der Waals surface area contributed by atoms with Gasteiger partial charge in [0, 0.05) is 6.54 Å². The number of anilines is 1. The number of aryl methyl sites for hydroxylation is 2. The molecule has 0 saturated carbocycles. The smallest absolute Gasteiger partial charge is 0.264 e. The normalized spacial score (nSPS) is 15.4. The lowest BCUT2D eigenvalue weighted by molar-refractivity contribution is -0.128. The molecule has 0 aromatic heterocycles. The van der Waals surface area contributed by atoms with Crippen LogP contribution in [0.3, 0.4) is 0 Å². The molecular weight excluding hydrogens is 452 g/mol. The predicted octanol–water partition coefficient (Wildman–Crippen LogP) is 3.59. The number of fused-ring (bicyclic) bond motifs is 1. The monoisotopic (exact) mass is 480 g/mol. The second-order valence-electron chi connectivity index (χ2n) is 8.26. The fourth-order valence-electron chi connectivity index (χ4n) is 3.69. The number of benzene rings is 3. The summed E-state index contributed by atoms with van der Waals surface area (Å²) in [7, 11) is -3.88. The number of hydrogen-bond donors (Lipinski definition) is 1. The van der Waals surface area contributed by atoms with E-state index in [1.807, 2.05) is 50.2 Å². The summed E-state index contributed by atoms with van der Waals surface area (Å²) in [5, 5.41) is 2.79. The minimum Gasteiger partial charge on any atom is -0.476 e. The largest absolute Gasteiger partial charge is 0.476 e. The van der Waals surface area contributed by atoms with Crippen LogP contribution in [-0.4, -0.2) is 40.1 Å². The van der Waals surface area contributed by atoms with Crippen molar-refractivity contribution >= 4 is 21.6 Å². The van der Waals surface area contributed by atoms with E-state index >= 15 is 0 Å². The molecule has 0 bridgehead atoms. The van der Waals surface area contributed by atoms with Crippen LogP contribution in [0.1, 0.15) is 16.7 Å². The molecule has 1 N–H and O–H groups in total. The molecule has 3 aromatic carbocycles. The van der Waals surface area contributed by atoms with Gasteiger partial charge in [-0.2, -0.15) is 0 Å². The summed E-state index contributed by atoms with van der Waals surface area (Å²) in [6.45, 7) is 4.73. The van der Waals surface area contributed by atoms with E-state index in [9.17, 15) is 13.2 Å². The van der Waals surface area contributed by atoms with E-state index in [4.69, 9.17) is 9.47 Å². The summed E-state index contributed by atoms with van der Waals surface area (Å²) < 4.78 is 39.7. The third kappa shape index (κ3) is 5.40. The maximum absolute atomic E-state index is 13.5. The summed E-state index contributed by atoms with van der Waals surface area (Å²) in [6, 6.07) is 21.7. The number of carbonyl (C=O) groups excluding carboxylic acids is 1. The molecule has 1 aliphatic heterocycles. The lowest BCUT2D eigenvalue weighted by Gasteiger charge is -2.35. The van der Waals surface area contributed by atoms with Crippen LogP contribution in [0.2, 0.25) is 0 Å². The topological polar surface area (TPSA) is 84.9 Å². The molecule has 0 radical (unpaired) electrons. The molecule has 0 aliphatic carbocycles. The van der Waals surface area contributed by atoms with Gasteiger partial charge in [0.15, 0.2) is 6.10 Å². The Labute approximate surface area is 200 Å². The lowest BCUT2D eigenvalue weighted by Crippen LogP contribution is -2.51. The van der Waals surface area contributed by atoms with E-state index < -0.39 is 16.1 Å². The number of amides is 1. The number of ether oxygens (including phenoxy) is 2. The first kappa shape index (κ1) is 23.8. The van der Waals surface area contributed by atoms with Crippen LogP contribution < -0.4 is 14.4 Å². The van der Waals surface area contributed by atoms with Crippen LogP contribution in [0.4, 0.5) is 5.69 Å². The van der Waals surface area contributed by atoms with Crippen LogP contribution in [0, 0.1) is 13.8 Å². The number of rotatable bonds is 8. The molecule has 1 atom stereocenters. The van der Waals surface area contributed by atoms with Gasteiger partial charge in [-0.25, -0.2) is 8.42 Å². The molecule has 1 aliphatic rings. The lowest BCUT2D eigenvalue weighted by atomic mass is 10.1. The van der Waals surface area contributed by atoms with Gasteiger partial charge in [-0.05, 0) is 49.2 Å². The first-order valence-corrected chi connectivity index (χ1v) is 12.5. The third-order valence-corrected chi connectivity index (χ3v) is 7.34. The van der Waals surface area contributed by atoms with Crippen molar-refractivity contribution in [2.75, 3.05) is 24.0 Å². The van der Waals surface area contributed by atoms with Crippen molar-refractivity contribution in [2.45, 2.75) is 31.5 Å². The highest BCUT2D eigenvalue weighted by Crippen LogP contribution is 2.37. The second-order valence-corrected chi connectivity index (χ2v) is 10.1. The molecule has 3 aromatic rings. The quantitative estimate of drug-likeness (QED) is 0.498. The van der Waals surface area contributed by atoms with Gasteiger partial charge in [0.2, 0.25) is 0 Å². The summed E-state index contributed by atoms with van der Waals surface area (Å²) in [5.41, 5.74) is 3.33. The summed E-state index contributed by atoms with van der Waals surface area (Å²) in [4.78, 5) is 13.0. The summed E-state index contributed by atoms with van der Waals surface area (Å²) >= 11 is 0. The first-order valence-electron chi connectivity index (χ1n) is 11.1. The maximum Gasteiger partial charge on any atom is 0.264 e. The molecule has 8 heteroatoms. The van der Waals surface area contributed by atoms with Gasteiger partial charge >= 0.3 is 0 Å². The van der Waals surface area contributed by atoms with Crippen molar-refractivity contribution < 1.29 is 22.7 Å². The SMILES string of the molecule is Cc1ccc(S(=O)(=O)N2C[C@@H](C(=O)NCCOCc3ccccc3)Oc3cc(C)ccc32)cc1. The van der Waals surface area contributed by atoms with Gasteiger partial charge in [0.05, 0.1) is 30.3 Å². The Morgan fingerprint density at radius 1 is 1.03 bits per heavy atom. The molecule has 0 saturated heterocycles. The average molecular weight is 481 g/mol. The average Bonchev–Trinajstić information content (AvgIpc) is 2.83. The number of nitrogens with one attached hydrogen (secondary N) is 1. The predicted molar refractivity (Wildman–Crippen MR) is 130 cm³/mol. The van der Waals surface area contributed by atoms with Crippen LogP contribution in [-0.2, 0) is 26.2 Å². The highest BCUT2D eigenvalue weighted by Gasteiger charge is 2.37. The zero-order valence-electron chi connectivity index (χ0n) is 19.2. The van der Waals surface area contributed by atoms with Crippen molar-refractivity contribution in [3.05, 3.63) is 89.5 Å². The third-order valence-electron chi connectivity index (χ3n) is 5.54. The summed E-state index contributed by atoms with van der Waals surface area (Å²) in [5.74, 6) is -0.0259. The molecule has 7 nitrogen and oxygen atoms in total. The summed E-state index contributed by atoms with van der Waals surface area (Å²) in [6.07, 6.45) is -0.983. The van der Waals surface area contributed by atoms with E-state index in [1.54, 1.807) is 36.4 Å². The van der Waals surface area contributed by atoms with Gasteiger partial charge in [0.25, 0.3) is 15.9 Å². The highest BCUT2D eigenvalue weighted by atomic mass is 32.2. The molecule has 0 spiro atoms. The van der Waals surface area contributed by atoms with Gasteiger partial charge in [0.1, 0.15) is 5.75 Å². The highest BCUT2D eigenvalue weighted by molar-refractivity contribution is 7.92. The standard InChI is InChI=1S/C26H28N2O5S/c1-19-8-11-22(12-9-19)34(30,31)28-17-25(33-24-16-20(2)10-13-23(24)28)26(29)27-14-15-32-18-21-6-4-3-5-7-21/h3-13,16,25H,14-15,17-18H2,1-2H3,(H,27,29)/t25-/m0/s1. The van der Waals surface area contributed by atoms with Gasteiger partial charge in [-0.1, -0.05) is 54.1 Å². The van der Waals surface area contributed by atoms with Crippen LogP contribution in [0.15, 0.2) is 77.7 Å². The fraction of sp³-hybridized carbons (Fsp3) is 0.269. The first-order chi connectivity index (χ1) is 16.3. The van der Waals surface area contributed by atoms with Crippen LogP contribution in [0.5, 0.6) is 5.75 Å². The zero-order valence-corrected chi connectivity index (χ0v) is 20.0. The Balaban J connectivity index is 1.45. The van der Waals surface area contributed by atoms with E-state index in [1.165, 1.54) is 4.31 Å². The second kappa shape index (κ2) is 10.3. The Hall–Kier alpha value is -3.36. The molecular formula is C26H28N2O5S. The molecule has 34 heavy (non-hydrogen) atoms. The van der Waals surface area contributed by atoms with Gasteiger partial charge in [-0.15, -0.1) is 0 Å².